The third-order valence-corrected chi connectivity index (χ3v) is 5.31. The maximum absolute atomic E-state index is 12.8. The molecule has 0 radical (unpaired) electrons. The molecule has 0 bridgehead atoms. The van der Waals surface area contributed by atoms with Gasteiger partial charge in [0.25, 0.3) is 5.56 Å². The summed E-state index contributed by atoms with van der Waals surface area (Å²) in [6.07, 6.45) is 3.98. The number of imidazole rings is 1. The van der Waals surface area contributed by atoms with Crippen molar-refractivity contribution in [1.29, 1.82) is 0 Å². The molecule has 0 saturated heterocycles. The van der Waals surface area contributed by atoms with Crippen LogP contribution in [0, 0.1) is 13.8 Å². The SMILES string of the molecule is CCn1cccc1/C=c1\sc2nc3cc(C)c(C)cc3n2c1=O. The predicted molar refractivity (Wildman–Crippen MR) is 95.2 cm³/mol. The second-order valence-electron chi connectivity index (χ2n) is 5.79. The van der Waals surface area contributed by atoms with Crippen molar-refractivity contribution in [1.82, 2.24) is 14.0 Å². The summed E-state index contributed by atoms with van der Waals surface area (Å²) in [5.41, 5.74) is 5.22. The highest BCUT2D eigenvalue weighted by molar-refractivity contribution is 7.15. The zero-order valence-corrected chi connectivity index (χ0v) is 14.1. The normalized spacial score (nSPS) is 12.7. The fourth-order valence-electron chi connectivity index (χ4n) is 2.90. The van der Waals surface area contributed by atoms with Crippen LogP contribution in [0.2, 0.25) is 0 Å². The Kier molecular flexibility index (Phi) is 3.13. The second kappa shape index (κ2) is 5.06. The average molecular weight is 323 g/mol. The van der Waals surface area contributed by atoms with Crippen LogP contribution in [-0.2, 0) is 6.54 Å². The Morgan fingerprint density at radius 3 is 2.83 bits per heavy atom. The summed E-state index contributed by atoms with van der Waals surface area (Å²) in [5, 5.41) is 0. The van der Waals surface area contributed by atoms with E-state index < -0.39 is 0 Å². The van der Waals surface area contributed by atoms with Crippen molar-refractivity contribution in [3.8, 4) is 0 Å². The molecule has 116 valence electrons. The minimum atomic E-state index is 0.0135. The molecule has 0 fully saturated rings. The number of fused-ring (bicyclic) bond motifs is 3. The van der Waals surface area contributed by atoms with Crippen LogP contribution >= 0.6 is 11.3 Å². The maximum Gasteiger partial charge on any atom is 0.275 e. The van der Waals surface area contributed by atoms with Gasteiger partial charge in [-0.05, 0) is 62.2 Å². The van der Waals surface area contributed by atoms with Gasteiger partial charge in [-0.3, -0.25) is 4.79 Å². The summed E-state index contributed by atoms with van der Waals surface area (Å²) in [6.45, 7) is 7.11. The summed E-state index contributed by atoms with van der Waals surface area (Å²) in [5.74, 6) is 0. The van der Waals surface area contributed by atoms with Gasteiger partial charge >= 0.3 is 0 Å². The number of thiazole rings is 1. The van der Waals surface area contributed by atoms with Crippen LogP contribution in [-0.4, -0.2) is 14.0 Å². The molecule has 0 aliphatic heterocycles. The Bertz CT molecular complexity index is 1150. The van der Waals surface area contributed by atoms with E-state index in [1.807, 2.05) is 24.4 Å². The monoisotopic (exact) mass is 323 g/mol. The van der Waals surface area contributed by atoms with Crippen molar-refractivity contribution in [2.75, 3.05) is 0 Å². The molecule has 3 heterocycles. The van der Waals surface area contributed by atoms with Gasteiger partial charge in [0.1, 0.15) is 0 Å². The molecule has 0 N–H and O–H groups in total. The molecule has 0 amide bonds. The first kappa shape index (κ1) is 14.2. The van der Waals surface area contributed by atoms with Crippen LogP contribution in [0.5, 0.6) is 0 Å². The molecule has 0 aliphatic rings. The van der Waals surface area contributed by atoms with E-state index in [0.29, 0.717) is 0 Å². The number of rotatable bonds is 2. The van der Waals surface area contributed by atoms with Crippen molar-refractivity contribution in [2.24, 2.45) is 0 Å². The van der Waals surface area contributed by atoms with Crippen LogP contribution in [0.25, 0.3) is 22.1 Å². The summed E-state index contributed by atoms with van der Waals surface area (Å²) < 4.78 is 4.58. The van der Waals surface area contributed by atoms with E-state index in [1.165, 1.54) is 22.5 Å². The van der Waals surface area contributed by atoms with Gasteiger partial charge in [0.15, 0.2) is 4.96 Å². The molecule has 0 unspecified atom stereocenters. The van der Waals surface area contributed by atoms with Crippen LogP contribution in [0.4, 0.5) is 0 Å². The van der Waals surface area contributed by atoms with Crippen molar-refractivity contribution in [2.45, 2.75) is 27.3 Å². The molecule has 0 saturated carbocycles. The number of hydrogen-bond donors (Lipinski definition) is 0. The topological polar surface area (TPSA) is 39.3 Å². The van der Waals surface area contributed by atoms with E-state index in [1.54, 1.807) is 4.40 Å². The molecule has 4 rings (SSSR count). The van der Waals surface area contributed by atoms with Gasteiger partial charge in [-0.25, -0.2) is 9.38 Å². The lowest BCUT2D eigenvalue weighted by molar-refractivity contribution is 0.761. The highest BCUT2D eigenvalue weighted by Crippen LogP contribution is 2.20. The number of aromatic nitrogens is 3. The second-order valence-corrected chi connectivity index (χ2v) is 6.80. The van der Waals surface area contributed by atoms with Crippen LogP contribution < -0.4 is 10.1 Å². The summed E-state index contributed by atoms with van der Waals surface area (Å²) in [7, 11) is 0. The summed E-state index contributed by atoms with van der Waals surface area (Å²) in [6, 6.07) is 8.13. The molecular weight excluding hydrogens is 306 g/mol. The Morgan fingerprint density at radius 1 is 1.26 bits per heavy atom. The smallest absolute Gasteiger partial charge is 0.275 e. The van der Waals surface area contributed by atoms with Crippen molar-refractivity contribution >= 4 is 33.4 Å². The highest BCUT2D eigenvalue weighted by Gasteiger charge is 2.12. The fourth-order valence-corrected chi connectivity index (χ4v) is 3.87. The van der Waals surface area contributed by atoms with Gasteiger partial charge in [-0.1, -0.05) is 11.3 Å². The number of nitrogens with zero attached hydrogens (tertiary/aromatic N) is 3. The number of benzene rings is 1. The third kappa shape index (κ3) is 2.11. The van der Waals surface area contributed by atoms with Crippen LogP contribution in [0.15, 0.2) is 35.3 Å². The standard InChI is InChI=1S/C18H17N3OS/c1-4-20-7-5-6-13(20)10-16-17(22)21-15-9-12(3)11(2)8-14(15)19-18(21)23-16/h5-10H,4H2,1-3H3/b16-10-. The Hall–Kier alpha value is -2.40. The molecule has 5 heteroatoms. The lowest BCUT2D eigenvalue weighted by Crippen LogP contribution is -2.23. The van der Waals surface area contributed by atoms with Crippen molar-refractivity contribution < 1.29 is 0 Å². The van der Waals surface area contributed by atoms with E-state index in [-0.39, 0.29) is 5.56 Å². The van der Waals surface area contributed by atoms with Gasteiger partial charge in [-0.15, -0.1) is 0 Å². The van der Waals surface area contributed by atoms with Gasteiger partial charge < -0.3 is 4.57 Å². The Morgan fingerprint density at radius 2 is 2.04 bits per heavy atom. The largest absolute Gasteiger partial charge is 0.348 e. The van der Waals surface area contributed by atoms with E-state index in [9.17, 15) is 4.79 Å². The minimum Gasteiger partial charge on any atom is -0.348 e. The Labute approximate surface area is 137 Å². The van der Waals surface area contributed by atoms with Gasteiger partial charge in [-0.2, -0.15) is 0 Å². The van der Waals surface area contributed by atoms with E-state index in [2.05, 4.69) is 42.5 Å². The van der Waals surface area contributed by atoms with Gasteiger partial charge in [0, 0.05) is 18.4 Å². The highest BCUT2D eigenvalue weighted by atomic mass is 32.1. The zero-order chi connectivity index (χ0) is 16.1. The van der Waals surface area contributed by atoms with Gasteiger partial charge in [0.2, 0.25) is 0 Å². The number of hydrogen-bond acceptors (Lipinski definition) is 3. The molecule has 1 aromatic carbocycles. The third-order valence-electron chi connectivity index (χ3n) is 4.34. The minimum absolute atomic E-state index is 0.0135. The first-order valence-electron chi connectivity index (χ1n) is 7.67. The molecule has 23 heavy (non-hydrogen) atoms. The molecule has 3 aromatic heterocycles. The maximum atomic E-state index is 12.8. The van der Waals surface area contributed by atoms with Crippen molar-refractivity contribution in [3.63, 3.8) is 0 Å². The van der Waals surface area contributed by atoms with Crippen molar-refractivity contribution in [3.05, 3.63) is 62.2 Å². The lowest BCUT2D eigenvalue weighted by Gasteiger charge is -1.99. The molecule has 4 nitrogen and oxygen atoms in total. The van der Waals surface area contributed by atoms with E-state index in [0.717, 1.165) is 32.8 Å². The lowest BCUT2D eigenvalue weighted by atomic mass is 10.1. The van der Waals surface area contributed by atoms with Gasteiger partial charge in [0.05, 0.1) is 15.6 Å². The summed E-state index contributed by atoms with van der Waals surface area (Å²) in [4.78, 5) is 18.2. The van der Waals surface area contributed by atoms with Crippen LogP contribution in [0.1, 0.15) is 23.7 Å². The fraction of sp³-hybridized carbons (Fsp3) is 0.222. The Balaban J connectivity index is 2.02. The molecule has 0 aliphatic carbocycles. The molecule has 0 atom stereocenters. The molecule has 0 spiro atoms. The van der Waals surface area contributed by atoms with E-state index in [4.69, 9.17) is 0 Å². The average Bonchev–Trinajstić information content (AvgIpc) is 3.17. The molecule has 4 aromatic rings. The quantitative estimate of drug-likeness (QED) is 0.569. The zero-order valence-electron chi connectivity index (χ0n) is 13.3. The predicted octanol–water partition coefficient (Wildman–Crippen LogP) is 2.90. The number of aryl methyl sites for hydroxylation is 3. The van der Waals surface area contributed by atoms with E-state index >= 15 is 0 Å². The summed E-state index contributed by atoms with van der Waals surface area (Å²) >= 11 is 1.45. The van der Waals surface area contributed by atoms with Crippen LogP contribution in [0.3, 0.4) is 0 Å². The first-order valence-corrected chi connectivity index (χ1v) is 8.49. The molecular formula is C18H17N3OS. The first-order chi connectivity index (χ1) is 11.1.